The van der Waals surface area contributed by atoms with E-state index in [4.69, 9.17) is 4.74 Å². The Bertz CT molecular complexity index is 582. The maximum atomic E-state index is 12.4. The summed E-state index contributed by atoms with van der Waals surface area (Å²) in [6.45, 7) is 11.0. The third-order valence-electron chi connectivity index (χ3n) is 5.53. The van der Waals surface area contributed by atoms with E-state index in [1.165, 1.54) is 0 Å². The van der Waals surface area contributed by atoms with Crippen molar-refractivity contribution in [3.8, 4) is 0 Å². The van der Waals surface area contributed by atoms with Crippen LogP contribution in [0.2, 0.25) is 0 Å². The van der Waals surface area contributed by atoms with Gasteiger partial charge in [0.05, 0.1) is 5.54 Å². The zero-order chi connectivity index (χ0) is 15.3. The molecule has 1 aromatic rings. The van der Waals surface area contributed by atoms with Gasteiger partial charge in [0.25, 0.3) is 0 Å². The second kappa shape index (κ2) is 4.62. The Labute approximate surface area is 126 Å². The number of carbonyl (C=O) groups excluding carboxylic acids is 1. The summed E-state index contributed by atoms with van der Waals surface area (Å²) in [4.78, 5) is 14.4. The van der Waals surface area contributed by atoms with Gasteiger partial charge in [0, 0.05) is 12.5 Å². The van der Waals surface area contributed by atoms with Crippen molar-refractivity contribution in [3.05, 3.63) is 48.0 Å². The summed E-state index contributed by atoms with van der Waals surface area (Å²) in [5.74, 6) is 0.290. The van der Waals surface area contributed by atoms with Crippen molar-refractivity contribution in [2.45, 2.75) is 51.3 Å². The van der Waals surface area contributed by atoms with Crippen LogP contribution in [0.1, 0.15) is 39.2 Å². The summed E-state index contributed by atoms with van der Waals surface area (Å²) in [6.07, 6.45) is 1.73. The third kappa shape index (κ3) is 1.90. The fraction of sp³-hybridized carbons (Fsp3) is 0.500. The molecule has 0 radical (unpaired) electrons. The van der Waals surface area contributed by atoms with E-state index in [0.717, 1.165) is 24.0 Å². The van der Waals surface area contributed by atoms with Crippen molar-refractivity contribution < 1.29 is 9.53 Å². The molecule has 3 nitrogen and oxygen atoms in total. The van der Waals surface area contributed by atoms with Crippen LogP contribution in [0.4, 0.5) is 4.79 Å². The van der Waals surface area contributed by atoms with Gasteiger partial charge >= 0.3 is 6.09 Å². The lowest BCUT2D eigenvalue weighted by Crippen LogP contribution is -2.55. The van der Waals surface area contributed by atoms with Crippen LogP contribution in [0, 0.1) is 5.92 Å². The van der Waals surface area contributed by atoms with Crippen LogP contribution in [-0.2, 0) is 11.3 Å². The minimum atomic E-state index is -0.414. The summed E-state index contributed by atoms with van der Waals surface area (Å²) in [6, 6.07) is 10.1. The number of benzene rings is 1. The number of nitrogens with zero attached hydrogens (tertiary/aromatic N) is 1. The first-order valence-corrected chi connectivity index (χ1v) is 7.58. The highest BCUT2D eigenvalue weighted by molar-refractivity contribution is 5.73. The fourth-order valence-corrected chi connectivity index (χ4v) is 4.11. The number of hydrogen-bond acceptors (Lipinski definition) is 2. The lowest BCUT2D eigenvalue weighted by Gasteiger charge is -2.41. The molecule has 1 heterocycles. The molecule has 1 saturated carbocycles. The highest BCUT2D eigenvalue weighted by Crippen LogP contribution is 2.56. The highest BCUT2D eigenvalue weighted by Gasteiger charge is 2.66. The predicted molar refractivity (Wildman–Crippen MR) is 82.8 cm³/mol. The molecule has 3 heteroatoms. The van der Waals surface area contributed by atoms with Gasteiger partial charge in [-0.25, -0.2) is 4.79 Å². The van der Waals surface area contributed by atoms with Gasteiger partial charge in [0.15, 0.2) is 0 Å². The first-order chi connectivity index (χ1) is 9.88. The largest absolute Gasteiger partial charge is 0.441 e. The molecular weight excluding hydrogens is 262 g/mol. The lowest BCUT2D eigenvalue weighted by atomic mass is 9.76. The Morgan fingerprint density at radius 2 is 2.05 bits per heavy atom. The number of ether oxygens (including phenoxy) is 1. The number of carbonyl (C=O) groups is 1. The Morgan fingerprint density at radius 1 is 1.38 bits per heavy atom. The Balaban J connectivity index is 1.99. The minimum absolute atomic E-state index is 0.199. The fourth-order valence-electron chi connectivity index (χ4n) is 4.11. The molecule has 0 bridgehead atoms. The summed E-state index contributed by atoms with van der Waals surface area (Å²) < 4.78 is 5.79. The summed E-state index contributed by atoms with van der Waals surface area (Å²) in [7, 11) is 0. The molecule has 0 spiro atoms. The number of rotatable bonds is 3. The van der Waals surface area contributed by atoms with Crippen LogP contribution in [0.25, 0.3) is 0 Å². The SMILES string of the molecule is C=C(C)[C@@H]1CC[C@@]2(C)OC(=O)N(Cc3ccccc3)[C@@]12C. The van der Waals surface area contributed by atoms with Crippen molar-refractivity contribution in [1.82, 2.24) is 4.90 Å². The van der Waals surface area contributed by atoms with E-state index in [9.17, 15) is 4.79 Å². The van der Waals surface area contributed by atoms with Gasteiger partial charge in [-0.1, -0.05) is 42.5 Å². The average molecular weight is 285 g/mol. The van der Waals surface area contributed by atoms with Gasteiger partial charge in [-0.2, -0.15) is 0 Å². The quantitative estimate of drug-likeness (QED) is 0.781. The molecule has 3 rings (SSSR count). The normalized spacial score (nSPS) is 34.7. The number of fused-ring (bicyclic) bond motifs is 1. The molecule has 1 aliphatic heterocycles. The van der Waals surface area contributed by atoms with Gasteiger partial charge < -0.3 is 4.74 Å². The van der Waals surface area contributed by atoms with E-state index < -0.39 is 5.60 Å². The summed E-state index contributed by atoms with van der Waals surface area (Å²) in [5, 5.41) is 0. The molecule has 0 aromatic heterocycles. The second-order valence-electron chi connectivity index (χ2n) is 6.76. The standard InChI is InChI=1S/C18H23NO2/c1-13(2)15-10-11-17(3)18(15,4)19(16(20)21-17)12-14-8-6-5-7-9-14/h5-9,15H,1,10-12H2,2-4H3/t15-,17+,18-/m0/s1. The maximum Gasteiger partial charge on any atom is 0.411 e. The van der Waals surface area contributed by atoms with E-state index in [0.29, 0.717) is 6.54 Å². The van der Waals surface area contributed by atoms with Crippen molar-refractivity contribution in [2.24, 2.45) is 5.92 Å². The molecule has 1 aliphatic carbocycles. The molecule has 1 saturated heterocycles. The van der Waals surface area contributed by atoms with Gasteiger partial charge in [-0.05, 0) is 39.2 Å². The lowest BCUT2D eigenvalue weighted by molar-refractivity contribution is 0.0213. The van der Waals surface area contributed by atoms with Crippen molar-refractivity contribution in [2.75, 3.05) is 0 Å². The molecule has 112 valence electrons. The van der Waals surface area contributed by atoms with Crippen LogP contribution in [0.3, 0.4) is 0 Å². The second-order valence-corrected chi connectivity index (χ2v) is 6.76. The first kappa shape index (κ1) is 14.2. The molecule has 0 N–H and O–H groups in total. The molecule has 1 aromatic carbocycles. The predicted octanol–water partition coefficient (Wildman–Crippen LogP) is 4.14. The number of amides is 1. The van der Waals surface area contributed by atoms with E-state index in [1.807, 2.05) is 23.1 Å². The Kier molecular flexibility index (Phi) is 3.12. The topological polar surface area (TPSA) is 29.5 Å². The molecule has 2 fully saturated rings. The first-order valence-electron chi connectivity index (χ1n) is 7.58. The van der Waals surface area contributed by atoms with Crippen molar-refractivity contribution in [3.63, 3.8) is 0 Å². The van der Waals surface area contributed by atoms with E-state index in [-0.39, 0.29) is 17.6 Å². The van der Waals surface area contributed by atoms with Crippen molar-refractivity contribution >= 4 is 6.09 Å². The number of hydrogen-bond donors (Lipinski definition) is 0. The summed E-state index contributed by atoms with van der Waals surface area (Å²) in [5.41, 5.74) is 1.54. The van der Waals surface area contributed by atoms with Crippen LogP contribution in [0.5, 0.6) is 0 Å². The van der Waals surface area contributed by atoms with Gasteiger partial charge in [-0.15, -0.1) is 0 Å². The highest BCUT2D eigenvalue weighted by atomic mass is 16.6. The minimum Gasteiger partial charge on any atom is -0.441 e. The monoisotopic (exact) mass is 285 g/mol. The van der Waals surface area contributed by atoms with Crippen LogP contribution in [-0.4, -0.2) is 22.1 Å². The smallest absolute Gasteiger partial charge is 0.411 e. The Hall–Kier alpha value is -1.77. The molecule has 21 heavy (non-hydrogen) atoms. The molecule has 1 amide bonds. The van der Waals surface area contributed by atoms with E-state index in [1.54, 1.807) is 0 Å². The van der Waals surface area contributed by atoms with Gasteiger partial charge in [0.2, 0.25) is 0 Å². The molecule has 3 atom stereocenters. The van der Waals surface area contributed by atoms with Gasteiger partial charge in [-0.3, -0.25) is 4.90 Å². The maximum absolute atomic E-state index is 12.4. The zero-order valence-electron chi connectivity index (χ0n) is 13.1. The van der Waals surface area contributed by atoms with E-state index >= 15 is 0 Å². The molecule has 2 aliphatic rings. The van der Waals surface area contributed by atoms with Crippen molar-refractivity contribution in [1.29, 1.82) is 0 Å². The third-order valence-corrected chi connectivity index (χ3v) is 5.53. The average Bonchev–Trinajstić information content (AvgIpc) is 2.79. The van der Waals surface area contributed by atoms with Crippen LogP contribution in [0.15, 0.2) is 42.5 Å². The van der Waals surface area contributed by atoms with E-state index in [2.05, 4.69) is 39.5 Å². The van der Waals surface area contributed by atoms with Gasteiger partial charge in [0.1, 0.15) is 5.60 Å². The van der Waals surface area contributed by atoms with Crippen LogP contribution < -0.4 is 0 Å². The zero-order valence-corrected chi connectivity index (χ0v) is 13.1. The Morgan fingerprint density at radius 3 is 2.67 bits per heavy atom. The van der Waals surface area contributed by atoms with Crippen LogP contribution >= 0.6 is 0 Å². The summed E-state index contributed by atoms with van der Waals surface area (Å²) >= 11 is 0. The molecular formula is C18H23NO2. The molecule has 0 unspecified atom stereocenters.